The van der Waals surface area contributed by atoms with Crippen LogP contribution in [-0.2, 0) is 4.79 Å². The number of halogens is 1. The van der Waals surface area contributed by atoms with Crippen LogP contribution in [0.2, 0.25) is 5.02 Å². The van der Waals surface area contributed by atoms with Crippen LogP contribution < -0.4 is 5.32 Å². The smallest absolute Gasteiger partial charge is 0.257 e. The van der Waals surface area contributed by atoms with Gasteiger partial charge in [0.15, 0.2) is 0 Å². The second kappa shape index (κ2) is 4.05. The number of imide groups is 1. The molecule has 0 radical (unpaired) electrons. The van der Waals surface area contributed by atoms with Gasteiger partial charge in [0.2, 0.25) is 5.91 Å². The summed E-state index contributed by atoms with van der Waals surface area (Å²) in [5.74, 6) is -0.788. The molecule has 1 aromatic carbocycles. The largest absolute Gasteiger partial charge is 0.293 e. The lowest BCUT2D eigenvalue weighted by Crippen LogP contribution is -2.27. The van der Waals surface area contributed by atoms with Crippen LogP contribution in [0, 0.1) is 0 Å². The molecular formula is C9H8ClNO2. The second-order valence-corrected chi connectivity index (χ2v) is 2.95. The van der Waals surface area contributed by atoms with Crippen LogP contribution in [-0.4, -0.2) is 11.8 Å². The molecule has 4 heteroatoms. The van der Waals surface area contributed by atoms with Crippen molar-refractivity contribution in [3.63, 3.8) is 0 Å². The van der Waals surface area contributed by atoms with Gasteiger partial charge in [-0.3, -0.25) is 14.9 Å². The minimum absolute atomic E-state index is 0.375. The van der Waals surface area contributed by atoms with Gasteiger partial charge in [-0.25, -0.2) is 0 Å². The maximum Gasteiger partial charge on any atom is 0.257 e. The molecule has 1 N–H and O–H groups in total. The lowest BCUT2D eigenvalue weighted by Gasteiger charge is -1.99. The van der Waals surface area contributed by atoms with Crippen molar-refractivity contribution in [2.45, 2.75) is 6.92 Å². The Labute approximate surface area is 80.7 Å². The van der Waals surface area contributed by atoms with Crippen LogP contribution in [0.15, 0.2) is 24.3 Å². The number of hydrogen-bond donors (Lipinski definition) is 1. The van der Waals surface area contributed by atoms with Crippen molar-refractivity contribution in [2.24, 2.45) is 0 Å². The third kappa shape index (κ3) is 2.87. The topological polar surface area (TPSA) is 46.2 Å². The number of benzene rings is 1. The minimum Gasteiger partial charge on any atom is -0.293 e. The highest BCUT2D eigenvalue weighted by molar-refractivity contribution is 6.30. The highest BCUT2D eigenvalue weighted by atomic mass is 35.5. The van der Waals surface area contributed by atoms with Gasteiger partial charge in [0.05, 0.1) is 0 Å². The second-order valence-electron chi connectivity index (χ2n) is 2.52. The summed E-state index contributed by atoms with van der Waals surface area (Å²) in [4.78, 5) is 21.7. The van der Waals surface area contributed by atoms with Crippen molar-refractivity contribution in [3.8, 4) is 0 Å². The van der Waals surface area contributed by atoms with Gasteiger partial charge in [0, 0.05) is 17.5 Å². The number of carbonyl (C=O) groups excluding carboxylic acids is 2. The predicted octanol–water partition coefficient (Wildman–Crippen LogP) is 1.62. The van der Waals surface area contributed by atoms with Crippen molar-refractivity contribution in [1.29, 1.82) is 0 Å². The monoisotopic (exact) mass is 197 g/mol. The van der Waals surface area contributed by atoms with Gasteiger partial charge >= 0.3 is 0 Å². The number of carbonyl (C=O) groups is 2. The first-order chi connectivity index (χ1) is 6.09. The molecule has 0 atom stereocenters. The molecule has 13 heavy (non-hydrogen) atoms. The van der Waals surface area contributed by atoms with E-state index in [9.17, 15) is 9.59 Å². The SMILES string of the molecule is CC(=O)NC(=O)c1ccc(Cl)cc1. The van der Waals surface area contributed by atoms with Gasteiger partial charge in [0.25, 0.3) is 5.91 Å². The Hall–Kier alpha value is -1.35. The average molecular weight is 198 g/mol. The lowest BCUT2D eigenvalue weighted by atomic mass is 10.2. The molecule has 0 saturated carbocycles. The molecule has 3 nitrogen and oxygen atoms in total. The quantitative estimate of drug-likeness (QED) is 0.744. The maximum atomic E-state index is 11.2. The van der Waals surface area contributed by atoms with Gasteiger partial charge in [-0.1, -0.05) is 11.6 Å². The van der Waals surface area contributed by atoms with E-state index in [1.807, 2.05) is 0 Å². The first-order valence-corrected chi connectivity index (χ1v) is 4.05. The Morgan fingerprint density at radius 1 is 1.23 bits per heavy atom. The fourth-order valence-corrected chi connectivity index (χ4v) is 0.959. The molecular weight excluding hydrogens is 190 g/mol. The molecule has 0 aliphatic heterocycles. The molecule has 0 fully saturated rings. The first-order valence-electron chi connectivity index (χ1n) is 3.67. The zero-order chi connectivity index (χ0) is 9.84. The molecule has 0 aliphatic carbocycles. The summed E-state index contributed by atoms with van der Waals surface area (Å²) in [6.07, 6.45) is 0. The third-order valence-electron chi connectivity index (χ3n) is 1.40. The minimum atomic E-state index is -0.413. The summed E-state index contributed by atoms with van der Waals surface area (Å²) < 4.78 is 0. The van der Waals surface area contributed by atoms with E-state index in [2.05, 4.69) is 5.32 Å². The van der Waals surface area contributed by atoms with Gasteiger partial charge in [-0.2, -0.15) is 0 Å². The Morgan fingerprint density at radius 3 is 2.23 bits per heavy atom. The summed E-state index contributed by atoms with van der Waals surface area (Å²) in [5.41, 5.74) is 0.416. The molecule has 0 aromatic heterocycles. The Kier molecular flexibility index (Phi) is 3.03. The van der Waals surface area contributed by atoms with Crippen LogP contribution in [0.25, 0.3) is 0 Å². The highest BCUT2D eigenvalue weighted by Gasteiger charge is 2.05. The zero-order valence-corrected chi connectivity index (χ0v) is 7.76. The number of rotatable bonds is 1. The Balaban J connectivity index is 2.78. The average Bonchev–Trinajstić information content (AvgIpc) is 2.04. The van der Waals surface area contributed by atoms with Crippen LogP contribution >= 0.6 is 11.6 Å². The summed E-state index contributed by atoms with van der Waals surface area (Å²) in [6, 6.07) is 6.30. The van der Waals surface area contributed by atoms with Gasteiger partial charge < -0.3 is 0 Å². The van der Waals surface area contributed by atoms with Crippen molar-refractivity contribution < 1.29 is 9.59 Å². The third-order valence-corrected chi connectivity index (χ3v) is 1.65. The molecule has 68 valence electrons. The van der Waals surface area contributed by atoms with E-state index in [1.165, 1.54) is 6.92 Å². The van der Waals surface area contributed by atoms with Crippen molar-refractivity contribution in [2.75, 3.05) is 0 Å². The van der Waals surface area contributed by atoms with Gasteiger partial charge in [-0.15, -0.1) is 0 Å². The summed E-state index contributed by atoms with van der Waals surface area (Å²) >= 11 is 5.62. The van der Waals surface area contributed by atoms with E-state index in [0.717, 1.165) is 0 Å². The van der Waals surface area contributed by atoms with Crippen LogP contribution in [0.4, 0.5) is 0 Å². The molecule has 0 spiro atoms. The predicted molar refractivity (Wildman–Crippen MR) is 49.6 cm³/mol. The molecule has 0 unspecified atom stereocenters. The number of amides is 2. The van der Waals surface area contributed by atoms with Gasteiger partial charge in [0.1, 0.15) is 0 Å². The van der Waals surface area contributed by atoms with E-state index >= 15 is 0 Å². The Morgan fingerprint density at radius 2 is 1.77 bits per heavy atom. The zero-order valence-electron chi connectivity index (χ0n) is 7.00. The van der Waals surface area contributed by atoms with Crippen molar-refractivity contribution in [1.82, 2.24) is 5.32 Å². The van der Waals surface area contributed by atoms with E-state index in [1.54, 1.807) is 24.3 Å². The Bertz CT molecular complexity index is 332. The lowest BCUT2D eigenvalue weighted by molar-refractivity contribution is -0.118. The highest BCUT2D eigenvalue weighted by Crippen LogP contribution is 2.08. The molecule has 0 saturated heterocycles. The van der Waals surface area contributed by atoms with Crippen LogP contribution in [0.5, 0.6) is 0 Å². The van der Waals surface area contributed by atoms with E-state index in [-0.39, 0.29) is 5.91 Å². The molecule has 0 heterocycles. The van der Waals surface area contributed by atoms with Gasteiger partial charge in [-0.05, 0) is 24.3 Å². The standard InChI is InChI=1S/C9H8ClNO2/c1-6(12)11-9(13)7-2-4-8(10)5-3-7/h2-5H,1H3,(H,11,12,13). The van der Waals surface area contributed by atoms with Crippen LogP contribution in [0.3, 0.4) is 0 Å². The fourth-order valence-electron chi connectivity index (χ4n) is 0.833. The molecule has 1 aromatic rings. The first kappa shape index (κ1) is 9.74. The normalized spacial score (nSPS) is 9.38. The summed E-state index contributed by atoms with van der Waals surface area (Å²) in [5, 5.41) is 2.71. The molecule has 0 bridgehead atoms. The molecule has 1 rings (SSSR count). The van der Waals surface area contributed by atoms with Crippen LogP contribution in [0.1, 0.15) is 17.3 Å². The number of hydrogen-bond acceptors (Lipinski definition) is 2. The summed E-state index contributed by atoms with van der Waals surface area (Å²) in [7, 11) is 0. The maximum absolute atomic E-state index is 11.2. The van der Waals surface area contributed by atoms with E-state index in [0.29, 0.717) is 10.6 Å². The summed E-state index contributed by atoms with van der Waals surface area (Å²) in [6.45, 7) is 1.29. The van der Waals surface area contributed by atoms with E-state index < -0.39 is 5.91 Å². The molecule has 2 amide bonds. The van der Waals surface area contributed by atoms with Crippen molar-refractivity contribution >= 4 is 23.4 Å². The number of nitrogens with one attached hydrogen (secondary N) is 1. The fraction of sp³-hybridized carbons (Fsp3) is 0.111. The van der Waals surface area contributed by atoms with Crippen molar-refractivity contribution in [3.05, 3.63) is 34.9 Å². The molecule has 0 aliphatic rings. The van der Waals surface area contributed by atoms with E-state index in [4.69, 9.17) is 11.6 Å².